The molecule has 2 saturated carbocycles. The molecule has 2 aliphatic heterocycles. The van der Waals surface area contributed by atoms with Crippen molar-refractivity contribution in [2.24, 2.45) is 10.4 Å². The summed E-state index contributed by atoms with van der Waals surface area (Å²) in [5.41, 5.74) is 11.1. The number of likely N-dealkylation sites (tertiary alicyclic amines) is 1. The molecular weight excluding hydrogens is 592 g/mol. The van der Waals surface area contributed by atoms with Crippen LogP contribution in [-0.2, 0) is 17.6 Å². The first-order valence-electron chi connectivity index (χ1n) is 18.3. The van der Waals surface area contributed by atoms with Gasteiger partial charge in [-0.1, -0.05) is 61.9 Å². The molecule has 0 radical (unpaired) electrons. The van der Waals surface area contributed by atoms with Crippen molar-refractivity contribution < 1.29 is 9.53 Å². The van der Waals surface area contributed by atoms with Gasteiger partial charge in [0.15, 0.2) is 0 Å². The fourth-order valence-electron chi connectivity index (χ4n) is 9.06. The highest BCUT2D eigenvalue weighted by molar-refractivity contribution is 6.03. The summed E-state index contributed by atoms with van der Waals surface area (Å²) >= 11 is 0. The third-order valence-electron chi connectivity index (χ3n) is 11.5. The molecule has 3 aliphatic carbocycles. The van der Waals surface area contributed by atoms with Gasteiger partial charge in [0, 0.05) is 36.4 Å². The summed E-state index contributed by atoms with van der Waals surface area (Å²) in [6.07, 6.45) is 19.1. The Morgan fingerprint density at radius 1 is 0.917 bits per heavy atom. The second kappa shape index (κ2) is 12.4. The van der Waals surface area contributed by atoms with E-state index in [0.29, 0.717) is 11.3 Å². The number of nitrogens with zero attached hydrogens (tertiary/aromatic N) is 3. The van der Waals surface area contributed by atoms with Crippen molar-refractivity contribution in [3.8, 4) is 23.0 Å². The van der Waals surface area contributed by atoms with E-state index in [1.807, 2.05) is 38.1 Å². The Hall–Kier alpha value is -4.11. The maximum atomic E-state index is 12.9. The quantitative estimate of drug-likeness (QED) is 0.289. The van der Waals surface area contributed by atoms with E-state index in [2.05, 4.69) is 58.2 Å². The van der Waals surface area contributed by atoms with Gasteiger partial charge < -0.3 is 9.72 Å². The summed E-state index contributed by atoms with van der Waals surface area (Å²) in [4.78, 5) is 27.8. The summed E-state index contributed by atoms with van der Waals surface area (Å²) < 4.78 is 5.70. The number of rotatable bonds is 4. The van der Waals surface area contributed by atoms with Crippen LogP contribution < -0.4 is 0 Å². The predicted octanol–water partition coefficient (Wildman–Crippen LogP) is 9.38. The smallest absolute Gasteiger partial charge is 0.410 e. The molecule has 1 spiro atoms. The molecule has 3 heterocycles. The molecule has 248 valence electrons. The normalized spacial score (nSPS) is 21.7. The van der Waals surface area contributed by atoms with Gasteiger partial charge in [0.2, 0.25) is 0 Å². The molecule has 3 fully saturated rings. The minimum absolute atomic E-state index is 0.0163. The van der Waals surface area contributed by atoms with Crippen molar-refractivity contribution in [2.45, 2.75) is 122 Å². The number of hydrogen-bond acceptors (Lipinski definition) is 4. The molecule has 6 nitrogen and oxygen atoms in total. The van der Waals surface area contributed by atoms with Crippen LogP contribution in [0.4, 0.5) is 4.79 Å². The number of aliphatic imine (C=N–C) groups is 1. The highest BCUT2D eigenvalue weighted by Crippen LogP contribution is 2.51. The van der Waals surface area contributed by atoms with Gasteiger partial charge in [0.05, 0.1) is 12.2 Å². The van der Waals surface area contributed by atoms with Crippen molar-refractivity contribution in [1.29, 1.82) is 0 Å². The zero-order valence-corrected chi connectivity index (χ0v) is 28.8. The lowest BCUT2D eigenvalue weighted by atomic mass is 9.83. The molecule has 1 unspecified atom stereocenters. The molecule has 1 aromatic heterocycles. The van der Waals surface area contributed by atoms with Gasteiger partial charge in [-0.05, 0) is 123 Å². The Labute approximate surface area is 285 Å². The van der Waals surface area contributed by atoms with Gasteiger partial charge in [-0.15, -0.1) is 0 Å². The van der Waals surface area contributed by atoms with Crippen molar-refractivity contribution in [3.05, 3.63) is 82.6 Å². The number of ether oxygens (including phenoxy) is 1. The monoisotopic (exact) mass is 640 g/mol. The highest BCUT2D eigenvalue weighted by Gasteiger charge is 2.41. The van der Waals surface area contributed by atoms with Crippen molar-refractivity contribution in [2.75, 3.05) is 6.54 Å². The number of nitrogens with one attached hydrogen (secondary N) is 1. The Bertz CT molecular complexity index is 1830. The lowest BCUT2D eigenvalue weighted by molar-refractivity contribution is 0.0265. The lowest BCUT2D eigenvalue weighted by Gasteiger charge is -2.28. The molecule has 2 aromatic carbocycles. The van der Waals surface area contributed by atoms with E-state index in [0.717, 1.165) is 55.9 Å². The fraction of sp³-hybridized carbons (Fsp3) is 0.500. The fourth-order valence-corrected chi connectivity index (χ4v) is 9.06. The number of carbonyl (C=O) groups excluding carboxylic acids is 1. The van der Waals surface area contributed by atoms with Gasteiger partial charge >= 0.3 is 6.09 Å². The molecule has 8 rings (SSSR count). The lowest BCUT2D eigenvalue weighted by Crippen LogP contribution is -2.43. The van der Waals surface area contributed by atoms with E-state index in [1.165, 1.54) is 90.3 Å². The number of aromatic nitrogens is 2. The molecular formula is C42H48N4O2. The van der Waals surface area contributed by atoms with Crippen LogP contribution in [0, 0.1) is 17.3 Å². The number of carbonyl (C=O) groups is 1. The van der Waals surface area contributed by atoms with Crippen LogP contribution in [0.25, 0.3) is 16.7 Å². The third-order valence-corrected chi connectivity index (χ3v) is 11.5. The number of H-pyrrole nitrogens is 1. The number of allylic oxidation sites excluding steroid dienone is 1. The summed E-state index contributed by atoms with van der Waals surface area (Å²) in [5, 5.41) is 0. The van der Waals surface area contributed by atoms with Crippen molar-refractivity contribution in [1.82, 2.24) is 14.9 Å². The van der Waals surface area contributed by atoms with E-state index in [1.54, 1.807) is 0 Å². The number of amides is 1. The number of benzene rings is 2. The number of aromatic amines is 1. The Balaban J connectivity index is 1.00. The molecule has 1 N–H and O–H groups in total. The van der Waals surface area contributed by atoms with E-state index in [4.69, 9.17) is 9.73 Å². The molecule has 1 amide bonds. The topological polar surface area (TPSA) is 70.6 Å². The Kier molecular flexibility index (Phi) is 8.06. The predicted molar refractivity (Wildman–Crippen MR) is 192 cm³/mol. The van der Waals surface area contributed by atoms with Crippen LogP contribution in [0.3, 0.4) is 0 Å². The summed E-state index contributed by atoms with van der Waals surface area (Å²) in [7, 11) is 0. The van der Waals surface area contributed by atoms with Crippen molar-refractivity contribution in [3.63, 3.8) is 0 Å². The second-order valence-corrected chi connectivity index (χ2v) is 16.0. The highest BCUT2D eigenvalue weighted by atomic mass is 16.6. The second-order valence-electron chi connectivity index (χ2n) is 16.0. The SMILES string of the molecule is CC(C)(C)OC(=O)N1CCCC1C1=NC=C(c2ccc(-c3ccc(C#Cc4cnc(C5CCCC5)[nH]4)c4c3CC3(CCCC3)C4)cc2)C1. The van der Waals surface area contributed by atoms with Gasteiger partial charge in [-0.2, -0.15) is 0 Å². The number of hydrogen-bond donors (Lipinski definition) is 1. The molecule has 6 heteroatoms. The van der Waals surface area contributed by atoms with Gasteiger partial charge in [0.25, 0.3) is 0 Å². The Morgan fingerprint density at radius 3 is 2.44 bits per heavy atom. The standard InChI is InChI=1S/C42H48N4O2/c1-41(2,3)48-40(47)46-22-8-11-38(46)37-23-32(26-43-37)28-12-14-29(15-13-28)34-19-17-30(35-24-42(25-36(34)35)20-6-7-21-42)16-18-33-27-44-39(45-33)31-9-4-5-10-31/h12-15,17,19,26-27,31,38H,4-11,20-25H2,1-3H3,(H,44,45). The minimum Gasteiger partial charge on any atom is -0.444 e. The van der Waals surface area contributed by atoms with E-state index in [-0.39, 0.29) is 12.1 Å². The van der Waals surface area contributed by atoms with Crippen LogP contribution in [-0.4, -0.2) is 44.9 Å². The summed E-state index contributed by atoms with van der Waals surface area (Å²) in [5.74, 6) is 8.69. The van der Waals surface area contributed by atoms with Crippen LogP contribution >= 0.6 is 0 Å². The maximum absolute atomic E-state index is 12.9. The first-order valence-corrected chi connectivity index (χ1v) is 18.3. The van der Waals surface area contributed by atoms with E-state index >= 15 is 0 Å². The average Bonchev–Trinajstić information content (AvgIpc) is 3.91. The van der Waals surface area contributed by atoms with Crippen LogP contribution in [0.1, 0.15) is 131 Å². The van der Waals surface area contributed by atoms with E-state index in [9.17, 15) is 4.79 Å². The molecule has 1 saturated heterocycles. The molecule has 48 heavy (non-hydrogen) atoms. The third kappa shape index (κ3) is 6.13. The van der Waals surface area contributed by atoms with Crippen LogP contribution in [0.15, 0.2) is 53.8 Å². The zero-order valence-electron chi connectivity index (χ0n) is 28.8. The van der Waals surface area contributed by atoms with Gasteiger partial charge in [0.1, 0.15) is 17.1 Å². The first-order chi connectivity index (χ1) is 23.2. The van der Waals surface area contributed by atoms with Gasteiger partial charge in [-0.25, -0.2) is 9.78 Å². The average molecular weight is 641 g/mol. The summed E-state index contributed by atoms with van der Waals surface area (Å²) in [6, 6.07) is 13.7. The van der Waals surface area contributed by atoms with E-state index < -0.39 is 5.60 Å². The van der Waals surface area contributed by atoms with Crippen LogP contribution in [0.5, 0.6) is 0 Å². The summed E-state index contributed by atoms with van der Waals surface area (Å²) in [6.45, 7) is 6.49. The number of imidazole rings is 1. The first kappa shape index (κ1) is 31.2. The Morgan fingerprint density at radius 2 is 1.67 bits per heavy atom. The molecule has 5 aliphatic rings. The van der Waals surface area contributed by atoms with Crippen LogP contribution in [0.2, 0.25) is 0 Å². The minimum atomic E-state index is -0.503. The van der Waals surface area contributed by atoms with Gasteiger partial charge in [-0.3, -0.25) is 9.89 Å². The van der Waals surface area contributed by atoms with Crippen molar-refractivity contribution >= 4 is 17.4 Å². The zero-order chi connectivity index (χ0) is 32.9. The molecule has 0 bridgehead atoms. The number of fused-ring (bicyclic) bond motifs is 1. The molecule has 3 aromatic rings. The maximum Gasteiger partial charge on any atom is 0.410 e. The largest absolute Gasteiger partial charge is 0.444 e. The molecule has 1 atom stereocenters.